The number of nitrogens with two attached hydrogens (primary N) is 1. The molecule has 21 heavy (non-hydrogen) atoms. The Morgan fingerprint density at radius 2 is 2.00 bits per heavy atom. The Bertz CT molecular complexity index is 774. The van der Waals surface area contributed by atoms with Gasteiger partial charge in [-0.05, 0) is 36.4 Å². The van der Waals surface area contributed by atoms with Gasteiger partial charge in [0.15, 0.2) is 0 Å². The molecule has 0 amide bonds. The van der Waals surface area contributed by atoms with Crippen LogP contribution in [-0.2, 0) is 0 Å². The number of thioether (sulfide) groups is 1. The number of halogens is 2. The summed E-state index contributed by atoms with van der Waals surface area (Å²) in [5.41, 5.74) is 6.88. The summed E-state index contributed by atoms with van der Waals surface area (Å²) in [4.78, 5) is 0.590. The maximum atomic E-state index is 13.6. The molecule has 0 aliphatic rings. The molecule has 0 spiro atoms. The lowest BCUT2D eigenvalue weighted by molar-refractivity contribution is 0.516. The van der Waals surface area contributed by atoms with Crippen molar-refractivity contribution in [3.05, 3.63) is 65.1 Å². The molecule has 1 aromatic heterocycles. The number of hydrogen-bond donors (Lipinski definition) is 1. The Hall–Kier alpha value is -1.49. The maximum absolute atomic E-state index is 13.6. The van der Waals surface area contributed by atoms with Gasteiger partial charge in [-0.3, -0.25) is 0 Å². The van der Waals surface area contributed by atoms with Crippen molar-refractivity contribution in [2.24, 2.45) is 5.73 Å². The van der Waals surface area contributed by atoms with E-state index in [2.05, 4.69) is 0 Å². The molecule has 1 unspecified atom stereocenters. The molecule has 0 saturated carbocycles. The summed E-state index contributed by atoms with van der Waals surface area (Å²) < 4.78 is 19.3. The second-order valence-electron chi connectivity index (χ2n) is 4.68. The van der Waals surface area contributed by atoms with Crippen molar-refractivity contribution < 1.29 is 8.81 Å². The summed E-state index contributed by atoms with van der Waals surface area (Å²) >= 11 is 7.32. The third-order valence-electron chi connectivity index (χ3n) is 3.12. The fourth-order valence-electron chi connectivity index (χ4n) is 2.04. The highest BCUT2D eigenvalue weighted by Gasteiger charge is 2.14. The molecular weight excluding hydrogens is 309 g/mol. The molecule has 2 nitrogen and oxygen atoms in total. The van der Waals surface area contributed by atoms with E-state index in [9.17, 15) is 4.39 Å². The molecule has 2 N–H and O–H groups in total. The van der Waals surface area contributed by atoms with Gasteiger partial charge in [0.2, 0.25) is 0 Å². The number of furan rings is 1. The number of fused-ring (bicyclic) bond motifs is 1. The SMILES string of the molecule is NC(CSc1ccccc1F)c1cc2cc(Cl)ccc2o1. The first-order valence-corrected chi connectivity index (χ1v) is 7.82. The fraction of sp³-hybridized carbons (Fsp3) is 0.125. The molecule has 5 heteroatoms. The van der Waals surface area contributed by atoms with E-state index >= 15 is 0 Å². The number of rotatable bonds is 4. The summed E-state index contributed by atoms with van der Waals surface area (Å²) in [5, 5.41) is 1.58. The van der Waals surface area contributed by atoms with Crippen LogP contribution in [0.25, 0.3) is 11.0 Å². The first-order valence-electron chi connectivity index (χ1n) is 6.45. The molecule has 108 valence electrons. The largest absolute Gasteiger partial charge is 0.459 e. The van der Waals surface area contributed by atoms with Gasteiger partial charge >= 0.3 is 0 Å². The minimum Gasteiger partial charge on any atom is -0.459 e. The average Bonchev–Trinajstić information content (AvgIpc) is 2.89. The van der Waals surface area contributed by atoms with E-state index in [1.54, 1.807) is 24.3 Å². The molecule has 0 fully saturated rings. The minimum absolute atomic E-state index is 0.230. The van der Waals surface area contributed by atoms with E-state index in [-0.39, 0.29) is 11.9 Å². The van der Waals surface area contributed by atoms with Gasteiger partial charge in [0.25, 0.3) is 0 Å². The summed E-state index contributed by atoms with van der Waals surface area (Å²) in [5.74, 6) is 0.983. The molecule has 0 bridgehead atoms. The standard InChI is InChI=1S/C16H13ClFNOS/c17-11-5-6-14-10(7-11)8-15(20-14)13(19)9-21-16-4-2-1-3-12(16)18/h1-8,13H,9,19H2. The molecule has 0 saturated heterocycles. The van der Waals surface area contributed by atoms with Gasteiger partial charge in [-0.25, -0.2) is 4.39 Å². The molecule has 0 aliphatic heterocycles. The molecule has 1 heterocycles. The first-order chi connectivity index (χ1) is 10.1. The quantitative estimate of drug-likeness (QED) is 0.686. The van der Waals surface area contributed by atoms with Crippen LogP contribution in [-0.4, -0.2) is 5.75 Å². The number of hydrogen-bond acceptors (Lipinski definition) is 3. The van der Waals surface area contributed by atoms with Gasteiger partial charge < -0.3 is 10.2 Å². The van der Waals surface area contributed by atoms with Crippen LogP contribution < -0.4 is 5.73 Å². The van der Waals surface area contributed by atoms with Crippen LogP contribution in [0.4, 0.5) is 4.39 Å². The second-order valence-corrected chi connectivity index (χ2v) is 6.18. The second kappa shape index (κ2) is 6.10. The minimum atomic E-state index is -0.305. The van der Waals surface area contributed by atoms with Crippen molar-refractivity contribution in [2.75, 3.05) is 5.75 Å². The predicted molar refractivity (Wildman–Crippen MR) is 85.3 cm³/mol. The van der Waals surface area contributed by atoms with Crippen LogP contribution in [0, 0.1) is 5.82 Å². The molecule has 0 radical (unpaired) electrons. The van der Waals surface area contributed by atoms with Crippen LogP contribution in [0.2, 0.25) is 5.02 Å². The Balaban J connectivity index is 1.75. The molecule has 1 atom stereocenters. The highest BCUT2D eigenvalue weighted by atomic mass is 35.5. The van der Waals surface area contributed by atoms with Crippen LogP contribution in [0.5, 0.6) is 0 Å². The normalized spacial score (nSPS) is 12.7. The topological polar surface area (TPSA) is 39.2 Å². The van der Waals surface area contributed by atoms with E-state index < -0.39 is 0 Å². The van der Waals surface area contributed by atoms with Crippen molar-refractivity contribution in [1.29, 1.82) is 0 Å². The van der Waals surface area contributed by atoms with Crippen molar-refractivity contribution in [3.8, 4) is 0 Å². The molecular formula is C16H13ClFNOS. The summed E-state index contributed by atoms with van der Waals surface area (Å²) in [6.07, 6.45) is 0. The molecule has 0 aliphatic carbocycles. The Kier molecular flexibility index (Phi) is 4.19. The lowest BCUT2D eigenvalue weighted by Gasteiger charge is -2.08. The molecule has 3 rings (SSSR count). The van der Waals surface area contributed by atoms with E-state index in [4.69, 9.17) is 21.8 Å². The van der Waals surface area contributed by atoms with Gasteiger partial charge in [0.1, 0.15) is 17.2 Å². The predicted octanol–water partition coefficient (Wildman–Crippen LogP) is 5.02. The first kappa shape index (κ1) is 14.4. The zero-order valence-corrected chi connectivity index (χ0v) is 12.6. The zero-order chi connectivity index (χ0) is 14.8. The summed E-state index contributed by atoms with van der Waals surface area (Å²) in [6.45, 7) is 0. The van der Waals surface area contributed by atoms with Crippen LogP contribution in [0.3, 0.4) is 0 Å². The van der Waals surface area contributed by atoms with Crippen molar-refractivity contribution in [3.63, 3.8) is 0 Å². The lowest BCUT2D eigenvalue weighted by Crippen LogP contribution is -2.12. The monoisotopic (exact) mass is 321 g/mol. The van der Waals surface area contributed by atoms with Gasteiger partial charge in [-0.2, -0.15) is 0 Å². The van der Waals surface area contributed by atoms with Gasteiger partial charge in [0, 0.05) is 21.1 Å². The van der Waals surface area contributed by atoms with Gasteiger partial charge in [0.05, 0.1) is 6.04 Å². The number of benzene rings is 2. The Morgan fingerprint density at radius 3 is 2.81 bits per heavy atom. The van der Waals surface area contributed by atoms with Crippen molar-refractivity contribution >= 4 is 34.3 Å². The van der Waals surface area contributed by atoms with Gasteiger partial charge in [-0.15, -0.1) is 11.8 Å². The highest BCUT2D eigenvalue weighted by molar-refractivity contribution is 7.99. The zero-order valence-electron chi connectivity index (χ0n) is 11.1. The lowest BCUT2D eigenvalue weighted by atomic mass is 10.2. The maximum Gasteiger partial charge on any atom is 0.136 e. The average molecular weight is 322 g/mol. The van der Waals surface area contributed by atoms with E-state index in [0.717, 1.165) is 11.0 Å². The third kappa shape index (κ3) is 3.23. The van der Waals surface area contributed by atoms with Crippen molar-refractivity contribution in [2.45, 2.75) is 10.9 Å². The van der Waals surface area contributed by atoms with E-state index in [1.807, 2.05) is 18.2 Å². The van der Waals surface area contributed by atoms with Crippen LogP contribution in [0.15, 0.2) is 57.8 Å². The van der Waals surface area contributed by atoms with Crippen molar-refractivity contribution in [1.82, 2.24) is 0 Å². The molecule has 3 aromatic rings. The smallest absolute Gasteiger partial charge is 0.136 e. The fourth-order valence-corrected chi connectivity index (χ4v) is 3.13. The van der Waals surface area contributed by atoms with E-state index in [0.29, 0.717) is 21.4 Å². The summed E-state index contributed by atoms with van der Waals surface area (Å²) in [6, 6.07) is 13.7. The Labute approximate surface area is 131 Å². The molecule has 2 aromatic carbocycles. The summed E-state index contributed by atoms with van der Waals surface area (Å²) in [7, 11) is 0. The third-order valence-corrected chi connectivity index (χ3v) is 4.52. The Morgan fingerprint density at radius 1 is 1.19 bits per heavy atom. The van der Waals surface area contributed by atoms with Crippen LogP contribution in [0.1, 0.15) is 11.8 Å². The van der Waals surface area contributed by atoms with Gasteiger partial charge in [-0.1, -0.05) is 23.7 Å². The highest BCUT2D eigenvalue weighted by Crippen LogP contribution is 2.29. The van der Waals surface area contributed by atoms with Crippen LogP contribution >= 0.6 is 23.4 Å². The van der Waals surface area contributed by atoms with E-state index in [1.165, 1.54) is 17.8 Å².